The molecule has 0 bridgehead atoms. The Kier molecular flexibility index (Phi) is 4.71. The summed E-state index contributed by atoms with van der Waals surface area (Å²) in [5, 5.41) is 2.37. The van der Waals surface area contributed by atoms with Gasteiger partial charge in [-0.1, -0.05) is 24.3 Å². The first-order valence-electron chi connectivity index (χ1n) is 9.41. The molecular weight excluding hydrogens is 346 g/mol. The van der Waals surface area contributed by atoms with E-state index in [1.165, 1.54) is 5.39 Å². The van der Waals surface area contributed by atoms with Crippen molar-refractivity contribution in [2.45, 2.75) is 18.3 Å². The van der Waals surface area contributed by atoms with Crippen LogP contribution in [0.1, 0.15) is 0 Å². The molecular formula is C21H23NO5. The molecule has 6 rings (SSSR count). The summed E-state index contributed by atoms with van der Waals surface area (Å²) < 4.78 is 26.2. The summed E-state index contributed by atoms with van der Waals surface area (Å²) in [6, 6.07) is 14.4. The first kappa shape index (κ1) is 17.0. The number of benzene rings is 2. The van der Waals surface area contributed by atoms with Gasteiger partial charge in [0.25, 0.3) is 0 Å². The zero-order chi connectivity index (χ0) is 18.1. The normalized spacial score (nSPS) is 25.1. The number of fused-ring (bicyclic) bond motifs is 3. The molecule has 142 valence electrons. The predicted molar refractivity (Wildman–Crippen MR) is 101 cm³/mol. The molecule has 4 heterocycles. The zero-order valence-corrected chi connectivity index (χ0v) is 15.1. The lowest BCUT2D eigenvalue weighted by Gasteiger charge is -2.05. The van der Waals surface area contributed by atoms with Gasteiger partial charge in [-0.15, -0.1) is 0 Å². The first-order valence-corrected chi connectivity index (χ1v) is 9.41. The Morgan fingerprint density at radius 1 is 0.778 bits per heavy atom. The second-order valence-corrected chi connectivity index (χ2v) is 7.06. The van der Waals surface area contributed by atoms with Gasteiger partial charge in [0, 0.05) is 16.3 Å². The van der Waals surface area contributed by atoms with Crippen LogP contribution in [0.3, 0.4) is 0 Å². The van der Waals surface area contributed by atoms with Crippen molar-refractivity contribution >= 4 is 21.8 Å². The van der Waals surface area contributed by atoms with Gasteiger partial charge in [0.15, 0.2) is 0 Å². The van der Waals surface area contributed by atoms with E-state index in [2.05, 4.69) is 29.2 Å². The third kappa shape index (κ3) is 4.42. The number of rotatable bonds is 7. The highest BCUT2D eigenvalue weighted by Gasteiger charge is 2.26. The Balaban J connectivity index is 0.000000149. The van der Waals surface area contributed by atoms with E-state index >= 15 is 0 Å². The Morgan fingerprint density at radius 3 is 2.11 bits per heavy atom. The number of para-hydroxylation sites is 1. The summed E-state index contributed by atoms with van der Waals surface area (Å²) in [6.45, 7) is 4.72. The van der Waals surface area contributed by atoms with E-state index in [1.807, 2.05) is 18.2 Å². The Morgan fingerprint density at radius 2 is 1.41 bits per heavy atom. The van der Waals surface area contributed by atoms with Crippen molar-refractivity contribution in [3.05, 3.63) is 42.5 Å². The van der Waals surface area contributed by atoms with Crippen molar-refractivity contribution in [3.63, 3.8) is 0 Å². The molecule has 0 aliphatic carbocycles. The Hall–Kier alpha value is -2.12. The average Bonchev–Trinajstić information content (AvgIpc) is 3.54. The van der Waals surface area contributed by atoms with Crippen molar-refractivity contribution in [2.75, 3.05) is 39.6 Å². The molecule has 6 nitrogen and oxygen atoms in total. The maximum Gasteiger partial charge on any atom is 0.129 e. The van der Waals surface area contributed by atoms with Crippen LogP contribution >= 0.6 is 0 Å². The van der Waals surface area contributed by atoms with Crippen LogP contribution in [-0.4, -0.2) is 62.9 Å². The monoisotopic (exact) mass is 369 g/mol. The molecule has 6 heteroatoms. The molecule has 3 saturated heterocycles. The van der Waals surface area contributed by atoms with E-state index in [0.29, 0.717) is 18.8 Å². The number of nitrogens with one attached hydrogen (secondary N) is 1. The van der Waals surface area contributed by atoms with Crippen LogP contribution in [0.25, 0.3) is 21.8 Å². The molecule has 0 saturated carbocycles. The lowest BCUT2D eigenvalue weighted by atomic mass is 10.1. The van der Waals surface area contributed by atoms with Crippen LogP contribution in [0.2, 0.25) is 0 Å². The van der Waals surface area contributed by atoms with Crippen LogP contribution in [0.5, 0.6) is 5.75 Å². The van der Waals surface area contributed by atoms with Crippen LogP contribution in [0, 0.1) is 0 Å². The van der Waals surface area contributed by atoms with Crippen LogP contribution in [-0.2, 0) is 18.9 Å². The average molecular weight is 369 g/mol. The molecule has 0 radical (unpaired) electrons. The third-order valence-electron chi connectivity index (χ3n) is 4.73. The smallest absolute Gasteiger partial charge is 0.129 e. The van der Waals surface area contributed by atoms with Crippen molar-refractivity contribution < 1.29 is 23.7 Å². The summed E-state index contributed by atoms with van der Waals surface area (Å²) in [5.74, 6) is 0.931. The molecule has 2 aromatic carbocycles. The molecule has 3 atom stereocenters. The molecule has 0 amide bonds. The predicted octanol–water partition coefficient (Wildman–Crippen LogP) is 2.90. The summed E-state index contributed by atoms with van der Waals surface area (Å²) in [5.41, 5.74) is 2.26. The van der Waals surface area contributed by atoms with E-state index in [0.717, 1.165) is 55.2 Å². The maximum atomic E-state index is 5.86. The minimum absolute atomic E-state index is 0.283. The SMILES string of the molecule is C(OCC1CO1)C1CO1.c1ccc2c(c1)[nH]c1cccc(OCC3CO3)c12. The topological polar surface area (TPSA) is 71.8 Å². The molecule has 3 fully saturated rings. The van der Waals surface area contributed by atoms with Gasteiger partial charge >= 0.3 is 0 Å². The van der Waals surface area contributed by atoms with E-state index in [-0.39, 0.29) is 6.10 Å². The Bertz CT molecular complexity index is 899. The van der Waals surface area contributed by atoms with E-state index < -0.39 is 0 Å². The minimum Gasteiger partial charge on any atom is -0.490 e. The number of ether oxygens (including phenoxy) is 5. The fraction of sp³-hybridized carbons (Fsp3) is 0.429. The molecule has 3 aromatic rings. The van der Waals surface area contributed by atoms with E-state index in [9.17, 15) is 0 Å². The fourth-order valence-electron chi connectivity index (χ4n) is 3.00. The fourth-order valence-corrected chi connectivity index (χ4v) is 3.00. The molecule has 1 N–H and O–H groups in total. The summed E-state index contributed by atoms with van der Waals surface area (Å²) in [7, 11) is 0. The van der Waals surface area contributed by atoms with Crippen LogP contribution < -0.4 is 4.74 Å². The lowest BCUT2D eigenvalue weighted by Crippen LogP contribution is -2.06. The lowest BCUT2D eigenvalue weighted by molar-refractivity contribution is 0.102. The number of H-pyrrole nitrogens is 1. The van der Waals surface area contributed by atoms with Gasteiger partial charge in [-0.2, -0.15) is 0 Å². The molecule has 1 aromatic heterocycles. The van der Waals surface area contributed by atoms with Gasteiger partial charge in [0.1, 0.15) is 30.7 Å². The summed E-state index contributed by atoms with van der Waals surface area (Å²) in [6.07, 6.45) is 1.07. The molecule has 0 spiro atoms. The second-order valence-electron chi connectivity index (χ2n) is 7.06. The summed E-state index contributed by atoms with van der Waals surface area (Å²) in [4.78, 5) is 3.41. The van der Waals surface area contributed by atoms with Crippen LogP contribution in [0.4, 0.5) is 0 Å². The van der Waals surface area contributed by atoms with Gasteiger partial charge in [-0.05, 0) is 18.2 Å². The van der Waals surface area contributed by atoms with Gasteiger partial charge in [0.2, 0.25) is 0 Å². The molecule has 3 unspecified atom stereocenters. The highest BCUT2D eigenvalue weighted by atomic mass is 16.6. The maximum absolute atomic E-state index is 5.86. The van der Waals surface area contributed by atoms with E-state index in [1.54, 1.807) is 0 Å². The highest BCUT2D eigenvalue weighted by Crippen LogP contribution is 2.33. The van der Waals surface area contributed by atoms with Crippen molar-refractivity contribution in [1.82, 2.24) is 4.98 Å². The highest BCUT2D eigenvalue weighted by molar-refractivity contribution is 6.10. The standard InChI is InChI=1S/C15H13NO2.C6H10O3/c1-2-5-12-11(4-1)15-13(16-12)6-3-7-14(15)18-9-10-8-17-10;1(5-3-8-5)7-2-6-4-9-6/h1-7,10,16H,8-9H2;5-6H,1-4H2. The molecule has 27 heavy (non-hydrogen) atoms. The number of hydrogen-bond acceptors (Lipinski definition) is 5. The molecule has 3 aliphatic rings. The Labute approximate surface area is 157 Å². The summed E-state index contributed by atoms with van der Waals surface area (Å²) >= 11 is 0. The quantitative estimate of drug-likeness (QED) is 0.649. The number of epoxide rings is 3. The van der Waals surface area contributed by atoms with Crippen LogP contribution in [0.15, 0.2) is 42.5 Å². The number of aromatic nitrogens is 1. The van der Waals surface area contributed by atoms with Crippen molar-refractivity contribution in [2.24, 2.45) is 0 Å². The minimum atomic E-state index is 0.283. The van der Waals surface area contributed by atoms with Gasteiger partial charge in [-0.25, -0.2) is 0 Å². The van der Waals surface area contributed by atoms with E-state index in [4.69, 9.17) is 23.7 Å². The van der Waals surface area contributed by atoms with Gasteiger partial charge in [-0.3, -0.25) is 0 Å². The van der Waals surface area contributed by atoms with Crippen molar-refractivity contribution in [3.8, 4) is 5.75 Å². The first-order chi connectivity index (χ1) is 13.4. The number of hydrogen-bond donors (Lipinski definition) is 1. The zero-order valence-electron chi connectivity index (χ0n) is 15.1. The number of aromatic amines is 1. The largest absolute Gasteiger partial charge is 0.490 e. The van der Waals surface area contributed by atoms with Gasteiger partial charge < -0.3 is 28.7 Å². The van der Waals surface area contributed by atoms with Crippen molar-refractivity contribution in [1.29, 1.82) is 0 Å². The van der Waals surface area contributed by atoms with Gasteiger partial charge in [0.05, 0.1) is 38.6 Å². The molecule has 3 aliphatic heterocycles. The second kappa shape index (κ2) is 7.48. The third-order valence-corrected chi connectivity index (χ3v) is 4.73.